The lowest BCUT2D eigenvalue weighted by molar-refractivity contribution is 0.532. The van der Waals surface area contributed by atoms with Crippen molar-refractivity contribution in [2.24, 2.45) is 0 Å². The van der Waals surface area contributed by atoms with E-state index in [9.17, 15) is 0 Å². The number of hydrogen-bond donors (Lipinski definition) is 0. The Bertz CT molecular complexity index is 761. The first-order chi connectivity index (χ1) is 9.98. The molecule has 21 heavy (non-hydrogen) atoms. The van der Waals surface area contributed by atoms with Gasteiger partial charge in [-0.3, -0.25) is 4.98 Å². The molecule has 0 spiro atoms. The predicted molar refractivity (Wildman–Crippen MR) is 88.7 cm³/mol. The fraction of sp³-hybridized carbons (Fsp3) is 0.316. The van der Waals surface area contributed by atoms with Gasteiger partial charge < -0.3 is 4.57 Å². The monoisotopic (exact) mass is 278 g/mol. The summed E-state index contributed by atoms with van der Waals surface area (Å²) < 4.78 is 2.42. The summed E-state index contributed by atoms with van der Waals surface area (Å²) in [5, 5.41) is 1.31. The lowest BCUT2D eigenvalue weighted by atomic mass is 9.89. The number of aryl methyl sites for hydroxylation is 1. The molecule has 0 aliphatic rings. The van der Waals surface area contributed by atoms with Crippen LogP contribution in [-0.4, -0.2) is 9.55 Å². The Labute approximate surface area is 126 Å². The maximum absolute atomic E-state index is 4.33. The molecule has 1 aromatic carbocycles. The lowest BCUT2D eigenvalue weighted by Crippen LogP contribution is -2.19. The zero-order chi connectivity index (χ0) is 15.0. The summed E-state index contributed by atoms with van der Waals surface area (Å²) in [6.45, 7) is 9.96. The van der Waals surface area contributed by atoms with Gasteiger partial charge in [-0.25, -0.2) is 0 Å². The summed E-state index contributed by atoms with van der Waals surface area (Å²) in [7, 11) is 0. The number of benzene rings is 1. The Morgan fingerprint density at radius 1 is 1.05 bits per heavy atom. The summed E-state index contributed by atoms with van der Waals surface area (Å²) in [4.78, 5) is 4.33. The first kappa shape index (κ1) is 13.9. The number of aromatic nitrogens is 2. The van der Waals surface area contributed by atoms with Crippen molar-refractivity contribution in [3.63, 3.8) is 0 Å². The largest absolute Gasteiger partial charge is 0.338 e. The van der Waals surface area contributed by atoms with Gasteiger partial charge in [-0.15, -0.1) is 0 Å². The molecule has 2 aromatic heterocycles. The number of hydrogen-bond acceptors (Lipinski definition) is 1. The minimum atomic E-state index is 0.109. The van der Waals surface area contributed by atoms with Crippen LogP contribution in [-0.2, 0) is 12.0 Å². The highest BCUT2D eigenvalue weighted by atomic mass is 15.0. The van der Waals surface area contributed by atoms with Crippen molar-refractivity contribution in [2.75, 3.05) is 0 Å². The van der Waals surface area contributed by atoms with Gasteiger partial charge in [0.05, 0.1) is 11.7 Å². The van der Waals surface area contributed by atoms with Crippen LogP contribution in [0.4, 0.5) is 0 Å². The molecular formula is C19H22N2. The van der Waals surface area contributed by atoms with E-state index in [1.165, 1.54) is 27.7 Å². The third-order valence-electron chi connectivity index (χ3n) is 4.01. The highest BCUT2D eigenvalue weighted by Gasteiger charge is 2.24. The molecule has 0 aliphatic carbocycles. The van der Waals surface area contributed by atoms with Gasteiger partial charge in [0, 0.05) is 29.2 Å². The molecule has 2 heteroatoms. The maximum atomic E-state index is 4.33. The van der Waals surface area contributed by atoms with Crippen molar-refractivity contribution >= 4 is 10.9 Å². The average molecular weight is 278 g/mol. The van der Waals surface area contributed by atoms with E-state index in [2.05, 4.69) is 73.6 Å². The van der Waals surface area contributed by atoms with Crippen LogP contribution in [0.15, 0.2) is 48.8 Å². The fourth-order valence-corrected chi connectivity index (χ4v) is 3.27. The van der Waals surface area contributed by atoms with Crippen LogP contribution in [0.3, 0.4) is 0 Å². The number of nitrogens with zero attached hydrogens (tertiary/aromatic N) is 2. The van der Waals surface area contributed by atoms with Crippen molar-refractivity contribution in [3.05, 3.63) is 65.6 Å². The van der Waals surface area contributed by atoms with Gasteiger partial charge >= 0.3 is 0 Å². The summed E-state index contributed by atoms with van der Waals surface area (Å²) in [6, 6.07) is 12.8. The van der Waals surface area contributed by atoms with E-state index in [4.69, 9.17) is 0 Å². The molecule has 3 rings (SSSR count). The first-order valence-electron chi connectivity index (χ1n) is 7.45. The van der Waals surface area contributed by atoms with Crippen LogP contribution < -0.4 is 0 Å². The number of pyridine rings is 1. The zero-order valence-electron chi connectivity index (χ0n) is 13.2. The lowest BCUT2D eigenvalue weighted by Gasteiger charge is -2.23. The standard InChI is InChI=1S/C19H22N2/c1-14-16-10-11-20-12-17(16)21(18(14)19(2,3)4)13-15-8-6-5-7-9-15/h5-12H,13H2,1-4H3. The second kappa shape index (κ2) is 5.03. The highest BCUT2D eigenvalue weighted by molar-refractivity contribution is 5.85. The number of fused-ring (bicyclic) bond motifs is 1. The molecule has 3 aromatic rings. The van der Waals surface area contributed by atoms with E-state index in [0.29, 0.717) is 0 Å². The molecule has 108 valence electrons. The summed E-state index contributed by atoms with van der Waals surface area (Å²) in [5.41, 5.74) is 5.43. The van der Waals surface area contributed by atoms with Crippen molar-refractivity contribution in [3.8, 4) is 0 Å². The molecule has 0 aliphatic heterocycles. The molecule has 2 heterocycles. The predicted octanol–water partition coefficient (Wildman–Crippen LogP) is 4.69. The summed E-state index contributed by atoms with van der Waals surface area (Å²) in [6.07, 6.45) is 3.87. The SMILES string of the molecule is Cc1c(C(C)(C)C)n(Cc2ccccc2)c2cnccc12. The molecule has 0 unspecified atom stereocenters. The Kier molecular flexibility index (Phi) is 3.32. The molecule has 2 nitrogen and oxygen atoms in total. The topological polar surface area (TPSA) is 17.8 Å². The van der Waals surface area contributed by atoms with Crippen LogP contribution in [0, 0.1) is 6.92 Å². The zero-order valence-corrected chi connectivity index (χ0v) is 13.2. The third-order valence-corrected chi connectivity index (χ3v) is 4.01. The van der Waals surface area contributed by atoms with E-state index in [1.54, 1.807) is 0 Å². The van der Waals surface area contributed by atoms with Crippen LogP contribution >= 0.6 is 0 Å². The van der Waals surface area contributed by atoms with Gasteiger partial charge in [-0.2, -0.15) is 0 Å². The van der Waals surface area contributed by atoms with Crippen molar-refractivity contribution in [2.45, 2.75) is 39.7 Å². The normalized spacial score (nSPS) is 12.0. The molecule has 0 N–H and O–H groups in total. The Morgan fingerprint density at radius 3 is 2.43 bits per heavy atom. The van der Waals surface area contributed by atoms with E-state index in [0.717, 1.165) is 6.54 Å². The van der Waals surface area contributed by atoms with E-state index in [1.807, 2.05) is 12.4 Å². The van der Waals surface area contributed by atoms with Crippen molar-refractivity contribution in [1.29, 1.82) is 0 Å². The maximum Gasteiger partial charge on any atom is 0.0675 e. The molecule has 0 fully saturated rings. The molecule has 0 bridgehead atoms. The van der Waals surface area contributed by atoms with E-state index in [-0.39, 0.29) is 5.41 Å². The van der Waals surface area contributed by atoms with Gasteiger partial charge in [0.25, 0.3) is 0 Å². The highest BCUT2D eigenvalue weighted by Crippen LogP contribution is 2.34. The summed E-state index contributed by atoms with van der Waals surface area (Å²) >= 11 is 0. The van der Waals surface area contributed by atoms with Gasteiger partial charge in [0.15, 0.2) is 0 Å². The van der Waals surface area contributed by atoms with E-state index >= 15 is 0 Å². The van der Waals surface area contributed by atoms with Gasteiger partial charge in [0.2, 0.25) is 0 Å². The smallest absolute Gasteiger partial charge is 0.0675 e. The molecule has 0 saturated carbocycles. The van der Waals surface area contributed by atoms with Crippen LogP contribution in [0.5, 0.6) is 0 Å². The Hall–Kier alpha value is -2.09. The molecule has 0 atom stereocenters. The summed E-state index contributed by atoms with van der Waals surface area (Å²) in [5.74, 6) is 0. The van der Waals surface area contributed by atoms with Gasteiger partial charge in [-0.1, -0.05) is 51.1 Å². The van der Waals surface area contributed by atoms with Crippen LogP contribution in [0.25, 0.3) is 10.9 Å². The fourth-order valence-electron chi connectivity index (χ4n) is 3.27. The average Bonchev–Trinajstić information content (AvgIpc) is 2.73. The Morgan fingerprint density at radius 2 is 1.76 bits per heavy atom. The molecular weight excluding hydrogens is 256 g/mol. The first-order valence-corrected chi connectivity index (χ1v) is 7.45. The van der Waals surface area contributed by atoms with Crippen LogP contribution in [0.2, 0.25) is 0 Å². The van der Waals surface area contributed by atoms with E-state index < -0.39 is 0 Å². The molecule has 0 radical (unpaired) electrons. The van der Waals surface area contributed by atoms with Crippen molar-refractivity contribution in [1.82, 2.24) is 9.55 Å². The number of rotatable bonds is 2. The minimum absolute atomic E-state index is 0.109. The minimum Gasteiger partial charge on any atom is -0.338 e. The van der Waals surface area contributed by atoms with Crippen molar-refractivity contribution < 1.29 is 0 Å². The molecule has 0 amide bonds. The van der Waals surface area contributed by atoms with Crippen LogP contribution in [0.1, 0.15) is 37.6 Å². The molecule has 0 saturated heterocycles. The van der Waals surface area contributed by atoms with Gasteiger partial charge in [-0.05, 0) is 24.1 Å². The second-order valence-electron chi connectivity index (χ2n) is 6.69. The third kappa shape index (κ3) is 2.46. The quantitative estimate of drug-likeness (QED) is 0.665. The second-order valence-corrected chi connectivity index (χ2v) is 6.69. The van der Waals surface area contributed by atoms with Gasteiger partial charge in [0.1, 0.15) is 0 Å². The Balaban J connectivity index is 2.24.